The smallest absolute Gasteiger partial charge is 0.341 e. The summed E-state index contributed by atoms with van der Waals surface area (Å²) in [5, 5.41) is 9.86. The Hall–Kier alpha value is -2.35. The van der Waals surface area contributed by atoms with Gasteiger partial charge in [0.2, 0.25) is 0 Å². The number of hydrogen-bond acceptors (Lipinski definition) is 5. The highest BCUT2D eigenvalue weighted by molar-refractivity contribution is 6.32. The number of nitrogens with zero attached hydrogens (tertiary/aromatic N) is 1. The van der Waals surface area contributed by atoms with Crippen molar-refractivity contribution in [1.29, 1.82) is 0 Å². The van der Waals surface area contributed by atoms with Crippen LogP contribution in [0.1, 0.15) is 48.3 Å². The van der Waals surface area contributed by atoms with Gasteiger partial charge in [-0.3, -0.25) is 4.79 Å². The Bertz CT molecular complexity index is 1060. The maximum absolute atomic E-state index is 12.5. The van der Waals surface area contributed by atoms with Crippen molar-refractivity contribution in [3.05, 3.63) is 50.8 Å². The van der Waals surface area contributed by atoms with E-state index in [0.717, 1.165) is 17.5 Å². The molecule has 7 nitrogen and oxygen atoms in total. The second-order valence-corrected chi connectivity index (χ2v) is 8.79. The topological polar surface area (TPSA) is 87.0 Å². The molecular weight excluding hydrogens is 410 g/mol. The molecule has 0 spiro atoms. The van der Waals surface area contributed by atoms with Crippen LogP contribution in [0.15, 0.2) is 29.2 Å². The number of carbonyl (C=O) groups is 1. The van der Waals surface area contributed by atoms with Gasteiger partial charge in [-0.15, -0.1) is 0 Å². The Kier molecular flexibility index (Phi) is 5.38. The zero-order valence-electron chi connectivity index (χ0n) is 17.1. The molecule has 0 amide bonds. The number of methoxy groups -OCH3 is 1. The fraction of sp³-hybridized carbons (Fsp3) is 0.455. The summed E-state index contributed by atoms with van der Waals surface area (Å²) in [5.41, 5.74) is 1.21. The first-order chi connectivity index (χ1) is 14.2. The van der Waals surface area contributed by atoms with Gasteiger partial charge in [0, 0.05) is 43.4 Å². The molecule has 2 atom stereocenters. The lowest BCUT2D eigenvalue weighted by Crippen LogP contribution is -2.33. The molecule has 2 aliphatic heterocycles. The number of aromatic nitrogens is 1. The Balaban J connectivity index is 1.86. The summed E-state index contributed by atoms with van der Waals surface area (Å²) in [6.45, 7) is 5.70. The highest BCUT2D eigenvalue weighted by Gasteiger charge is 2.49. The Labute approximate surface area is 179 Å². The third kappa shape index (κ3) is 3.41. The molecule has 8 heteroatoms. The summed E-state index contributed by atoms with van der Waals surface area (Å²) >= 11 is 6.48. The van der Waals surface area contributed by atoms with E-state index >= 15 is 0 Å². The minimum absolute atomic E-state index is 0.166. The third-order valence-electron chi connectivity index (χ3n) is 5.77. The summed E-state index contributed by atoms with van der Waals surface area (Å²) in [5.74, 6) is -0.691. The lowest BCUT2D eigenvalue weighted by atomic mass is 9.78. The van der Waals surface area contributed by atoms with Crippen LogP contribution in [0.3, 0.4) is 0 Å². The van der Waals surface area contributed by atoms with Gasteiger partial charge in [0.05, 0.1) is 30.0 Å². The van der Waals surface area contributed by atoms with Crippen LogP contribution in [0, 0.1) is 5.41 Å². The summed E-state index contributed by atoms with van der Waals surface area (Å²) in [6, 6.07) is 4.85. The van der Waals surface area contributed by atoms with Crippen LogP contribution in [0.25, 0.3) is 11.3 Å². The molecule has 1 fully saturated rings. The van der Waals surface area contributed by atoms with E-state index in [4.69, 9.17) is 25.8 Å². The predicted molar refractivity (Wildman–Crippen MR) is 112 cm³/mol. The molecule has 0 aliphatic carbocycles. The van der Waals surface area contributed by atoms with Gasteiger partial charge in [-0.2, -0.15) is 0 Å². The van der Waals surface area contributed by atoms with Crippen LogP contribution in [0.5, 0.6) is 5.75 Å². The molecule has 2 aliphatic rings. The van der Waals surface area contributed by atoms with Gasteiger partial charge in [0.25, 0.3) is 0 Å². The summed E-state index contributed by atoms with van der Waals surface area (Å²) in [4.78, 5) is 24.0. The highest BCUT2D eigenvalue weighted by atomic mass is 35.5. The molecule has 160 valence electrons. The van der Waals surface area contributed by atoms with Gasteiger partial charge in [-0.25, -0.2) is 4.79 Å². The number of benzene rings is 1. The van der Waals surface area contributed by atoms with E-state index in [1.165, 1.54) is 12.3 Å². The predicted octanol–water partition coefficient (Wildman–Crippen LogP) is 3.93. The van der Waals surface area contributed by atoms with Crippen molar-refractivity contribution >= 4 is 17.6 Å². The van der Waals surface area contributed by atoms with Gasteiger partial charge in [-0.05, 0) is 17.7 Å². The van der Waals surface area contributed by atoms with E-state index in [2.05, 4.69) is 13.8 Å². The number of aromatic carboxylic acids is 1. The normalized spacial score (nSPS) is 20.9. The number of carboxylic acid groups (broad SMARTS) is 1. The minimum atomic E-state index is -1.24. The Morgan fingerprint density at radius 2 is 2.10 bits per heavy atom. The van der Waals surface area contributed by atoms with Crippen LogP contribution in [0.2, 0.25) is 5.02 Å². The van der Waals surface area contributed by atoms with Crippen molar-refractivity contribution in [3.8, 4) is 17.0 Å². The Morgan fingerprint density at radius 1 is 1.33 bits per heavy atom. The van der Waals surface area contributed by atoms with Gasteiger partial charge in [0.15, 0.2) is 5.43 Å². The zero-order chi connectivity index (χ0) is 21.6. The minimum Gasteiger partial charge on any atom is -0.492 e. The second-order valence-electron chi connectivity index (χ2n) is 8.38. The average molecular weight is 434 g/mol. The number of hydrogen-bond donors (Lipinski definition) is 1. The van der Waals surface area contributed by atoms with Gasteiger partial charge in [-0.1, -0.05) is 25.4 Å². The van der Waals surface area contributed by atoms with Gasteiger partial charge < -0.3 is 23.9 Å². The SMILES string of the molecule is COCCCOc1cc2c(cc1Cl)-c1cc(=O)c(C(=O)O)cn1[C@H]1[C@@H]2OCC1(C)C. The van der Waals surface area contributed by atoms with Crippen LogP contribution in [0.4, 0.5) is 0 Å². The highest BCUT2D eigenvalue weighted by Crippen LogP contribution is 2.56. The third-order valence-corrected chi connectivity index (χ3v) is 6.06. The lowest BCUT2D eigenvalue weighted by molar-refractivity contribution is 0.0692. The summed E-state index contributed by atoms with van der Waals surface area (Å²) in [6.07, 6.45) is 1.86. The number of fused-ring (bicyclic) bond motifs is 6. The first-order valence-corrected chi connectivity index (χ1v) is 10.2. The molecule has 0 saturated carbocycles. The Morgan fingerprint density at radius 3 is 2.80 bits per heavy atom. The van der Waals surface area contributed by atoms with Gasteiger partial charge >= 0.3 is 5.97 Å². The number of ether oxygens (including phenoxy) is 3. The van der Waals surface area contributed by atoms with Crippen molar-refractivity contribution in [2.45, 2.75) is 32.4 Å². The molecular formula is C22H24ClNO6. The van der Waals surface area contributed by atoms with Crippen molar-refractivity contribution < 1.29 is 24.1 Å². The fourth-order valence-electron chi connectivity index (χ4n) is 4.35. The second kappa shape index (κ2) is 7.72. The van der Waals surface area contributed by atoms with Gasteiger partial charge in [0.1, 0.15) is 17.4 Å². The van der Waals surface area contributed by atoms with Crippen molar-refractivity contribution in [3.63, 3.8) is 0 Å². The molecule has 1 aromatic carbocycles. The van der Waals surface area contributed by atoms with Crippen molar-refractivity contribution in [1.82, 2.24) is 4.57 Å². The molecule has 3 heterocycles. The molecule has 1 N–H and O–H groups in total. The summed E-state index contributed by atoms with van der Waals surface area (Å²) < 4.78 is 18.9. The van der Waals surface area contributed by atoms with E-state index in [-0.39, 0.29) is 23.1 Å². The van der Waals surface area contributed by atoms with Crippen LogP contribution in [-0.4, -0.2) is 42.6 Å². The monoisotopic (exact) mass is 433 g/mol. The van der Waals surface area contributed by atoms with E-state index in [1.807, 2.05) is 10.6 Å². The fourth-order valence-corrected chi connectivity index (χ4v) is 4.57. The maximum Gasteiger partial charge on any atom is 0.341 e. The molecule has 1 saturated heterocycles. The van der Waals surface area contributed by atoms with E-state index in [9.17, 15) is 14.7 Å². The number of carboxylic acids is 1. The van der Waals surface area contributed by atoms with E-state index in [1.54, 1.807) is 13.2 Å². The van der Waals surface area contributed by atoms with Crippen molar-refractivity contribution in [2.24, 2.45) is 5.41 Å². The average Bonchev–Trinajstić information content (AvgIpc) is 3.01. The maximum atomic E-state index is 12.5. The molecule has 1 aromatic heterocycles. The number of pyridine rings is 1. The zero-order valence-corrected chi connectivity index (χ0v) is 17.9. The van der Waals surface area contributed by atoms with Crippen LogP contribution in [-0.2, 0) is 9.47 Å². The first-order valence-electron chi connectivity index (χ1n) is 9.81. The van der Waals surface area contributed by atoms with E-state index < -0.39 is 11.4 Å². The molecule has 0 bridgehead atoms. The van der Waals surface area contributed by atoms with Crippen molar-refractivity contribution in [2.75, 3.05) is 26.9 Å². The molecule has 0 radical (unpaired) electrons. The number of halogens is 1. The molecule has 2 aromatic rings. The molecule has 4 rings (SSSR count). The first kappa shape index (κ1) is 20.9. The quantitative estimate of drug-likeness (QED) is 0.694. The number of rotatable bonds is 6. The largest absolute Gasteiger partial charge is 0.492 e. The van der Waals surface area contributed by atoms with Crippen LogP contribution < -0.4 is 10.2 Å². The summed E-state index contributed by atoms with van der Waals surface area (Å²) in [7, 11) is 1.64. The standard InChI is InChI=1S/C22H24ClNO6/c1-22(2)11-30-19-13-8-18(29-6-4-5-28-3)15(23)7-12(13)16-9-17(25)14(21(26)27)10-24(16)20(19)22/h7-10,19-20H,4-6,11H2,1-3H3,(H,26,27)/t19-,20+/m1/s1. The lowest BCUT2D eigenvalue weighted by Gasteiger charge is -2.38. The molecule has 0 unspecified atom stereocenters. The molecule has 30 heavy (non-hydrogen) atoms. The van der Waals surface area contributed by atoms with Crippen LogP contribution >= 0.6 is 11.6 Å². The van der Waals surface area contributed by atoms with E-state index in [0.29, 0.717) is 36.3 Å².